The monoisotopic (exact) mass is 474 g/mol. The van der Waals surface area contributed by atoms with Gasteiger partial charge in [0.15, 0.2) is 5.58 Å². The van der Waals surface area contributed by atoms with Crippen LogP contribution in [0.3, 0.4) is 0 Å². The van der Waals surface area contributed by atoms with Crippen LogP contribution >= 0.6 is 39.1 Å². The lowest BCUT2D eigenvalue weighted by Gasteiger charge is -2.04. The summed E-state index contributed by atoms with van der Waals surface area (Å²) in [5.41, 5.74) is 4.51. The summed E-state index contributed by atoms with van der Waals surface area (Å²) in [5, 5.41) is 10.7. The zero-order chi connectivity index (χ0) is 19.8. The van der Waals surface area contributed by atoms with Crippen LogP contribution in [0.25, 0.3) is 22.6 Å². The van der Waals surface area contributed by atoms with E-state index in [2.05, 4.69) is 25.9 Å². The number of nitrogens with zero attached hydrogens (tertiary/aromatic N) is 2. The van der Waals surface area contributed by atoms with E-state index in [-0.39, 0.29) is 10.8 Å². The predicted molar refractivity (Wildman–Crippen MR) is 117 cm³/mol. The Balaban J connectivity index is 1.73. The SMILES string of the molecule is Cc1ccc2oc(-c3ccc(Br)c(N=Cc4cc(Cl)cc(Cl)c4O)c3)nc2c1. The smallest absolute Gasteiger partial charge is 0.227 e. The number of fused-ring (bicyclic) bond motifs is 1. The molecule has 7 heteroatoms. The van der Waals surface area contributed by atoms with Crippen LogP contribution < -0.4 is 0 Å². The van der Waals surface area contributed by atoms with Gasteiger partial charge in [-0.1, -0.05) is 29.3 Å². The largest absolute Gasteiger partial charge is 0.506 e. The molecule has 28 heavy (non-hydrogen) atoms. The van der Waals surface area contributed by atoms with Gasteiger partial charge in [0, 0.05) is 26.8 Å². The van der Waals surface area contributed by atoms with E-state index in [0.717, 1.165) is 26.7 Å². The Morgan fingerprint density at radius 2 is 1.93 bits per heavy atom. The summed E-state index contributed by atoms with van der Waals surface area (Å²) in [6.07, 6.45) is 1.51. The van der Waals surface area contributed by atoms with Gasteiger partial charge in [-0.2, -0.15) is 0 Å². The number of phenols is 1. The first-order chi connectivity index (χ1) is 13.4. The van der Waals surface area contributed by atoms with Gasteiger partial charge < -0.3 is 9.52 Å². The molecule has 4 nitrogen and oxygen atoms in total. The van der Waals surface area contributed by atoms with E-state index in [9.17, 15) is 5.11 Å². The molecular weight excluding hydrogens is 463 g/mol. The van der Waals surface area contributed by atoms with Crippen molar-refractivity contribution in [3.05, 3.63) is 74.2 Å². The number of phenolic OH excluding ortho intramolecular Hbond substituents is 1. The molecule has 1 aromatic heterocycles. The summed E-state index contributed by atoms with van der Waals surface area (Å²) >= 11 is 15.5. The van der Waals surface area contributed by atoms with Crippen molar-refractivity contribution >= 4 is 62.1 Å². The minimum absolute atomic E-state index is 0.0728. The molecule has 0 aliphatic rings. The van der Waals surface area contributed by atoms with Gasteiger partial charge in [-0.05, 0) is 70.9 Å². The van der Waals surface area contributed by atoms with Crippen molar-refractivity contribution in [2.75, 3.05) is 0 Å². The van der Waals surface area contributed by atoms with Gasteiger partial charge in [0.2, 0.25) is 5.89 Å². The Morgan fingerprint density at radius 3 is 2.75 bits per heavy atom. The molecule has 3 aromatic carbocycles. The van der Waals surface area contributed by atoms with E-state index < -0.39 is 0 Å². The third kappa shape index (κ3) is 3.78. The van der Waals surface area contributed by atoms with Crippen LogP contribution in [0.5, 0.6) is 5.75 Å². The molecule has 0 unspecified atom stereocenters. The first-order valence-corrected chi connectivity index (χ1v) is 9.85. The Morgan fingerprint density at radius 1 is 1.11 bits per heavy atom. The minimum Gasteiger partial charge on any atom is -0.506 e. The molecule has 0 radical (unpaired) electrons. The highest BCUT2D eigenvalue weighted by molar-refractivity contribution is 9.10. The summed E-state index contributed by atoms with van der Waals surface area (Å²) in [4.78, 5) is 9.02. The van der Waals surface area contributed by atoms with Gasteiger partial charge in [0.05, 0.1) is 10.7 Å². The number of hydrogen-bond donors (Lipinski definition) is 1. The van der Waals surface area contributed by atoms with Crippen molar-refractivity contribution in [2.45, 2.75) is 6.92 Å². The minimum atomic E-state index is -0.0728. The molecule has 0 atom stereocenters. The molecule has 0 aliphatic carbocycles. The Hall–Kier alpha value is -2.34. The lowest BCUT2D eigenvalue weighted by Crippen LogP contribution is -1.85. The summed E-state index contributed by atoms with van der Waals surface area (Å²) in [6, 6.07) is 14.5. The number of hydrogen-bond acceptors (Lipinski definition) is 4. The number of aliphatic imine (C=N–C) groups is 1. The van der Waals surface area contributed by atoms with Gasteiger partial charge >= 0.3 is 0 Å². The van der Waals surface area contributed by atoms with Crippen molar-refractivity contribution in [3.63, 3.8) is 0 Å². The zero-order valence-corrected chi connectivity index (χ0v) is 17.7. The first-order valence-electron chi connectivity index (χ1n) is 8.30. The van der Waals surface area contributed by atoms with E-state index in [1.54, 1.807) is 6.07 Å². The quantitative estimate of drug-likeness (QED) is 0.315. The number of oxazole rings is 1. The molecule has 4 rings (SSSR count). The molecule has 1 heterocycles. The van der Waals surface area contributed by atoms with E-state index in [0.29, 0.717) is 22.2 Å². The topological polar surface area (TPSA) is 58.6 Å². The van der Waals surface area contributed by atoms with Crippen molar-refractivity contribution in [1.82, 2.24) is 4.98 Å². The van der Waals surface area contributed by atoms with E-state index in [4.69, 9.17) is 27.6 Å². The van der Waals surface area contributed by atoms with Crippen molar-refractivity contribution in [1.29, 1.82) is 0 Å². The fraction of sp³-hybridized carbons (Fsp3) is 0.0476. The highest BCUT2D eigenvalue weighted by Crippen LogP contribution is 2.34. The van der Waals surface area contributed by atoms with E-state index in [1.807, 2.05) is 43.3 Å². The van der Waals surface area contributed by atoms with Crippen LogP contribution in [-0.2, 0) is 0 Å². The van der Waals surface area contributed by atoms with Crippen molar-refractivity contribution in [3.8, 4) is 17.2 Å². The Kier molecular flexibility index (Phi) is 5.15. The number of halogens is 3. The van der Waals surface area contributed by atoms with Crippen LogP contribution in [0.2, 0.25) is 10.0 Å². The standard InChI is InChI=1S/C21H13BrCl2N2O2/c1-11-2-5-19-18(6-11)26-21(28-19)12-3-4-15(22)17(8-12)25-10-13-7-14(23)9-16(24)20(13)27/h2-10,27H,1H3. The Labute approximate surface area is 179 Å². The maximum absolute atomic E-state index is 10.1. The van der Waals surface area contributed by atoms with E-state index >= 15 is 0 Å². The fourth-order valence-electron chi connectivity index (χ4n) is 2.73. The molecule has 0 spiro atoms. The van der Waals surface area contributed by atoms with Crippen LogP contribution in [0.1, 0.15) is 11.1 Å². The predicted octanol–water partition coefficient (Wildman–Crippen LogP) is 7.33. The number of aryl methyl sites for hydroxylation is 1. The molecule has 0 aliphatic heterocycles. The van der Waals surface area contributed by atoms with Gasteiger partial charge in [0.25, 0.3) is 0 Å². The average molecular weight is 476 g/mol. The number of aromatic hydroxyl groups is 1. The van der Waals surface area contributed by atoms with Crippen LogP contribution in [0.15, 0.2) is 62.4 Å². The van der Waals surface area contributed by atoms with Crippen LogP contribution in [0, 0.1) is 6.92 Å². The van der Waals surface area contributed by atoms with E-state index in [1.165, 1.54) is 12.3 Å². The van der Waals surface area contributed by atoms with Crippen molar-refractivity contribution < 1.29 is 9.52 Å². The van der Waals surface area contributed by atoms with Crippen LogP contribution in [0.4, 0.5) is 5.69 Å². The first kappa shape index (κ1) is 19.0. The lowest BCUT2D eigenvalue weighted by atomic mass is 10.2. The summed E-state index contributed by atoms with van der Waals surface area (Å²) in [7, 11) is 0. The molecule has 1 N–H and O–H groups in total. The highest BCUT2D eigenvalue weighted by atomic mass is 79.9. The third-order valence-corrected chi connectivity index (χ3v) is 5.31. The average Bonchev–Trinajstić information content (AvgIpc) is 3.07. The second-order valence-corrected chi connectivity index (χ2v) is 7.94. The van der Waals surface area contributed by atoms with Gasteiger partial charge in [-0.15, -0.1) is 0 Å². The summed E-state index contributed by atoms with van der Waals surface area (Å²) < 4.78 is 6.65. The third-order valence-electron chi connectivity index (χ3n) is 4.14. The van der Waals surface area contributed by atoms with Gasteiger partial charge in [0.1, 0.15) is 11.3 Å². The molecule has 4 aromatic rings. The summed E-state index contributed by atoms with van der Waals surface area (Å²) in [5.74, 6) is 0.439. The second-order valence-electron chi connectivity index (χ2n) is 6.24. The molecule has 0 fully saturated rings. The molecule has 0 amide bonds. The van der Waals surface area contributed by atoms with Crippen molar-refractivity contribution in [2.24, 2.45) is 4.99 Å². The van der Waals surface area contributed by atoms with Gasteiger partial charge in [-0.3, -0.25) is 4.99 Å². The molecule has 0 bridgehead atoms. The summed E-state index contributed by atoms with van der Waals surface area (Å²) in [6.45, 7) is 2.01. The number of aromatic nitrogens is 1. The maximum atomic E-state index is 10.1. The maximum Gasteiger partial charge on any atom is 0.227 e. The molecule has 140 valence electrons. The van der Waals surface area contributed by atoms with Gasteiger partial charge in [-0.25, -0.2) is 4.98 Å². The number of rotatable bonds is 3. The highest BCUT2D eigenvalue weighted by Gasteiger charge is 2.11. The zero-order valence-electron chi connectivity index (χ0n) is 14.6. The normalized spacial score (nSPS) is 11.6. The molecular formula is C21H13BrCl2N2O2. The number of benzene rings is 3. The molecule has 0 saturated carbocycles. The fourth-order valence-corrected chi connectivity index (χ4v) is 3.59. The lowest BCUT2D eigenvalue weighted by molar-refractivity contribution is 0.475. The molecule has 0 saturated heterocycles. The Bertz CT molecular complexity index is 1230. The second kappa shape index (κ2) is 7.59. The van der Waals surface area contributed by atoms with Crippen LogP contribution in [-0.4, -0.2) is 16.3 Å².